The van der Waals surface area contributed by atoms with Gasteiger partial charge in [0, 0.05) is 13.1 Å². The van der Waals surface area contributed by atoms with Gasteiger partial charge in [0.25, 0.3) is 0 Å². The second-order valence-corrected chi connectivity index (χ2v) is 4.30. The summed E-state index contributed by atoms with van der Waals surface area (Å²) in [6, 6.07) is 0. The molecule has 0 aliphatic rings. The van der Waals surface area contributed by atoms with Gasteiger partial charge in [0.15, 0.2) is 0 Å². The number of carboxylic acids is 1. The number of aliphatic carboxylic acids is 1. The Morgan fingerprint density at radius 2 is 1.93 bits per heavy atom. The van der Waals surface area contributed by atoms with E-state index in [0.717, 1.165) is 0 Å². The Kier molecular flexibility index (Phi) is 4.74. The van der Waals surface area contributed by atoms with E-state index in [-0.39, 0.29) is 12.5 Å². The number of nitrogens with zero attached hydrogens (tertiary/aromatic N) is 1. The minimum atomic E-state index is -0.950. The first kappa shape index (κ1) is 13.9. The fourth-order valence-corrected chi connectivity index (χ4v) is 1.17. The third-order valence-corrected chi connectivity index (χ3v) is 2.14. The molecule has 0 saturated carbocycles. The van der Waals surface area contributed by atoms with Crippen molar-refractivity contribution in [3.8, 4) is 0 Å². The topological polar surface area (TPSA) is 83.6 Å². The number of carbonyl (C=O) groups is 2. The first-order valence-electron chi connectivity index (χ1n) is 5.01. The highest BCUT2D eigenvalue weighted by atomic mass is 16.4. The molecule has 1 atom stereocenters. The van der Waals surface area contributed by atoms with Crippen LogP contribution in [0.4, 0.5) is 0 Å². The molecule has 0 aromatic heterocycles. The molecule has 0 aliphatic heterocycles. The highest BCUT2D eigenvalue weighted by Crippen LogP contribution is 2.07. The molecular formula is C10H20N2O3. The van der Waals surface area contributed by atoms with Crippen LogP contribution in [0.5, 0.6) is 0 Å². The molecule has 5 nitrogen and oxygen atoms in total. The van der Waals surface area contributed by atoms with Gasteiger partial charge in [0.05, 0.1) is 11.5 Å². The van der Waals surface area contributed by atoms with E-state index in [1.807, 2.05) is 0 Å². The van der Waals surface area contributed by atoms with Gasteiger partial charge in [-0.05, 0) is 20.8 Å². The Morgan fingerprint density at radius 3 is 2.20 bits per heavy atom. The number of hydrogen-bond acceptors (Lipinski definition) is 3. The molecule has 1 unspecified atom stereocenters. The molecule has 15 heavy (non-hydrogen) atoms. The molecule has 0 bridgehead atoms. The summed E-state index contributed by atoms with van der Waals surface area (Å²) in [4.78, 5) is 23.9. The number of carboxylic acid groups (broad SMARTS) is 1. The quantitative estimate of drug-likeness (QED) is 0.692. The zero-order valence-electron chi connectivity index (χ0n) is 9.78. The molecule has 1 amide bonds. The summed E-state index contributed by atoms with van der Waals surface area (Å²) < 4.78 is 0. The molecule has 0 fully saturated rings. The van der Waals surface area contributed by atoms with Gasteiger partial charge in [-0.3, -0.25) is 9.59 Å². The number of hydrogen-bond donors (Lipinski definition) is 2. The molecule has 0 aromatic carbocycles. The maximum atomic E-state index is 11.8. The third kappa shape index (κ3) is 4.29. The van der Waals surface area contributed by atoms with Gasteiger partial charge in [0.1, 0.15) is 0 Å². The summed E-state index contributed by atoms with van der Waals surface area (Å²) in [7, 11) is 0. The Balaban J connectivity index is 4.51. The third-order valence-electron chi connectivity index (χ3n) is 2.14. The van der Waals surface area contributed by atoms with Crippen LogP contribution in [-0.4, -0.2) is 40.5 Å². The van der Waals surface area contributed by atoms with Crippen molar-refractivity contribution >= 4 is 11.9 Å². The van der Waals surface area contributed by atoms with Crippen molar-refractivity contribution in [2.45, 2.75) is 33.2 Å². The van der Waals surface area contributed by atoms with Gasteiger partial charge in [-0.25, -0.2) is 0 Å². The van der Waals surface area contributed by atoms with Crippen LogP contribution in [0.25, 0.3) is 0 Å². The normalized spacial score (nSPS) is 13.4. The van der Waals surface area contributed by atoms with Crippen LogP contribution in [0.3, 0.4) is 0 Å². The van der Waals surface area contributed by atoms with Crippen molar-refractivity contribution in [3.63, 3.8) is 0 Å². The van der Waals surface area contributed by atoms with Crippen LogP contribution in [-0.2, 0) is 9.59 Å². The van der Waals surface area contributed by atoms with E-state index in [0.29, 0.717) is 6.54 Å². The van der Waals surface area contributed by atoms with E-state index in [9.17, 15) is 9.59 Å². The molecule has 0 radical (unpaired) electrons. The van der Waals surface area contributed by atoms with Gasteiger partial charge < -0.3 is 15.7 Å². The number of carbonyl (C=O) groups excluding carboxylic acids is 1. The van der Waals surface area contributed by atoms with Crippen molar-refractivity contribution in [2.75, 3.05) is 13.1 Å². The van der Waals surface area contributed by atoms with Crippen LogP contribution in [0, 0.1) is 5.92 Å². The van der Waals surface area contributed by atoms with Gasteiger partial charge in [-0.15, -0.1) is 0 Å². The average Bonchev–Trinajstić information content (AvgIpc) is 2.10. The maximum absolute atomic E-state index is 11.8. The zero-order valence-corrected chi connectivity index (χ0v) is 9.78. The van der Waals surface area contributed by atoms with Gasteiger partial charge in [0.2, 0.25) is 5.91 Å². The second-order valence-electron chi connectivity index (χ2n) is 4.30. The van der Waals surface area contributed by atoms with E-state index in [1.165, 1.54) is 4.90 Å². The Bertz CT molecular complexity index is 246. The Hall–Kier alpha value is -1.10. The van der Waals surface area contributed by atoms with Crippen molar-refractivity contribution in [1.29, 1.82) is 0 Å². The second kappa shape index (κ2) is 5.11. The molecule has 3 N–H and O–H groups in total. The number of amides is 1. The molecule has 0 rings (SSSR count). The minimum Gasteiger partial charge on any atom is -0.481 e. The molecule has 0 saturated heterocycles. The fourth-order valence-electron chi connectivity index (χ4n) is 1.17. The summed E-state index contributed by atoms with van der Waals surface area (Å²) in [6.07, 6.45) is 0. The lowest BCUT2D eigenvalue weighted by Gasteiger charge is -2.29. The van der Waals surface area contributed by atoms with E-state index in [4.69, 9.17) is 10.8 Å². The summed E-state index contributed by atoms with van der Waals surface area (Å²) >= 11 is 0. The van der Waals surface area contributed by atoms with Crippen molar-refractivity contribution < 1.29 is 14.7 Å². The monoisotopic (exact) mass is 216 g/mol. The molecule has 5 heteroatoms. The van der Waals surface area contributed by atoms with E-state index in [2.05, 4.69) is 0 Å². The van der Waals surface area contributed by atoms with E-state index >= 15 is 0 Å². The van der Waals surface area contributed by atoms with Crippen LogP contribution < -0.4 is 5.73 Å². The molecule has 88 valence electrons. The first-order valence-corrected chi connectivity index (χ1v) is 5.01. The van der Waals surface area contributed by atoms with Crippen molar-refractivity contribution in [3.05, 3.63) is 0 Å². The Morgan fingerprint density at radius 1 is 1.47 bits per heavy atom. The molecular weight excluding hydrogens is 196 g/mol. The van der Waals surface area contributed by atoms with Crippen molar-refractivity contribution in [1.82, 2.24) is 4.90 Å². The van der Waals surface area contributed by atoms with E-state index in [1.54, 1.807) is 27.7 Å². The molecule has 0 spiro atoms. The van der Waals surface area contributed by atoms with E-state index < -0.39 is 17.4 Å². The van der Waals surface area contributed by atoms with Gasteiger partial charge >= 0.3 is 5.97 Å². The number of rotatable bonds is 5. The maximum Gasteiger partial charge on any atom is 0.308 e. The van der Waals surface area contributed by atoms with Crippen LogP contribution >= 0.6 is 0 Å². The highest BCUT2D eigenvalue weighted by Gasteiger charge is 2.28. The summed E-state index contributed by atoms with van der Waals surface area (Å²) in [5.41, 5.74) is 4.72. The minimum absolute atomic E-state index is 0.200. The highest BCUT2D eigenvalue weighted by molar-refractivity contribution is 5.85. The molecule has 0 aliphatic carbocycles. The predicted molar refractivity (Wildman–Crippen MR) is 57.3 cm³/mol. The standard InChI is InChI=1S/C10H20N2O3/c1-5-12(6-7(2)8(13)14)9(15)10(3,4)11/h7H,5-6,11H2,1-4H3,(H,13,14). The smallest absolute Gasteiger partial charge is 0.308 e. The fraction of sp³-hybridized carbons (Fsp3) is 0.800. The van der Waals surface area contributed by atoms with Crippen LogP contribution in [0.2, 0.25) is 0 Å². The van der Waals surface area contributed by atoms with Gasteiger partial charge in [-0.1, -0.05) is 6.92 Å². The van der Waals surface area contributed by atoms with Crippen LogP contribution in [0.15, 0.2) is 0 Å². The lowest BCUT2D eigenvalue weighted by Crippen LogP contribution is -2.52. The van der Waals surface area contributed by atoms with Gasteiger partial charge in [-0.2, -0.15) is 0 Å². The molecule has 0 heterocycles. The predicted octanol–water partition coefficient (Wildman–Crippen LogP) is 0.293. The van der Waals surface area contributed by atoms with Crippen molar-refractivity contribution in [2.24, 2.45) is 11.7 Å². The lowest BCUT2D eigenvalue weighted by molar-refractivity contribution is -0.144. The first-order chi connectivity index (χ1) is 6.70. The average molecular weight is 216 g/mol. The lowest BCUT2D eigenvalue weighted by atomic mass is 10.0. The van der Waals surface area contributed by atoms with Crippen LogP contribution in [0.1, 0.15) is 27.7 Å². The number of nitrogens with two attached hydrogens (primary N) is 1. The zero-order chi connectivity index (χ0) is 12.2. The largest absolute Gasteiger partial charge is 0.481 e. The summed E-state index contributed by atoms with van der Waals surface area (Å²) in [5.74, 6) is -1.70. The Labute approximate surface area is 90.2 Å². The SMILES string of the molecule is CCN(CC(C)C(=O)O)C(=O)C(C)(C)N. The molecule has 0 aromatic rings. The number of likely N-dealkylation sites (N-methyl/N-ethyl adjacent to an activating group) is 1. The summed E-state index contributed by atoms with van der Waals surface area (Å²) in [6.45, 7) is 7.27. The summed E-state index contributed by atoms with van der Waals surface area (Å²) in [5, 5.41) is 8.74.